The highest BCUT2D eigenvalue weighted by atomic mass is 32.2. The molecule has 1 rings (SSSR count). The quantitative estimate of drug-likeness (QED) is 0.806. The first kappa shape index (κ1) is 10.5. The third-order valence-corrected chi connectivity index (χ3v) is 2.81. The molecule has 0 aliphatic rings. The summed E-state index contributed by atoms with van der Waals surface area (Å²) in [6.07, 6.45) is 0. The molecule has 13 heavy (non-hydrogen) atoms. The van der Waals surface area contributed by atoms with Gasteiger partial charge < -0.3 is 5.73 Å². The second-order valence-electron chi connectivity index (χ2n) is 2.79. The minimum absolute atomic E-state index is 0.189. The molecule has 3 heteroatoms. The predicted octanol–water partition coefficient (Wildman–Crippen LogP) is 2.58. The van der Waals surface area contributed by atoms with Gasteiger partial charge in [-0.3, -0.25) is 0 Å². The number of thioether (sulfide) groups is 1. The Kier molecular flexibility index (Phi) is 4.25. The van der Waals surface area contributed by atoms with Crippen LogP contribution in [0.3, 0.4) is 0 Å². The highest BCUT2D eigenvalue weighted by molar-refractivity contribution is 7.99. The standard InChI is InChI=1S/C10H14FNS/c1-2-13-7-10(12)8-5-3-4-6-9(8)11/h3-6,10H,2,7,12H2,1H3. The van der Waals surface area contributed by atoms with Crippen LogP contribution in [0.5, 0.6) is 0 Å². The first-order valence-electron chi connectivity index (χ1n) is 4.33. The fraction of sp³-hybridized carbons (Fsp3) is 0.400. The summed E-state index contributed by atoms with van der Waals surface area (Å²) in [6.45, 7) is 2.07. The molecule has 0 spiro atoms. The van der Waals surface area contributed by atoms with Crippen molar-refractivity contribution in [3.05, 3.63) is 35.6 Å². The smallest absolute Gasteiger partial charge is 0.128 e. The Bertz CT molecular complexity index is 265. The lowest BCUT2D eigenvalue weighted by molar-refractivity contribution is 0.595. The average molecular weight is 199 g/mol. The van der Waals surface area contributed by atoms with Gasteiger partial charge in [-0.15, -0.1) is 0 Å². The summed E-state index contributed by atoms with van der Waals surface area (Å²) in [5, 5.41) is 0. The molecule has 0 aliphatic heterocycles. The van der Waals surface area contributed by atoms with Crippen LogP contribution in [0.15, 0.2) is 24.3 Å². The van der Waals surface area contributed by atoms with Crippen molar-refractivity contribution in [2.45, 2.75) is 13.0 Å². The number of nitrogens with two attached hydrogens (primary N) is 1. The summed E-state index contributed by atoms with van der Waals surface area (Å²) in [7, 11) is 0. The van der Waals surface area contributed by atoms with E-state index >= 15 is 0 Å². The molecular weight excluding hydrogens is 185 g/mol. The van der Waals surface area contributed by atoms with Gasteiger partial charge in [0, 0.05) is 17.4 Å². The van der Waals surface area contributed by atoms with Gasteiger partial charge in [-0.1, -0.05) is 25.1 Å². The largest absolute Gasteiger partial charge is 0.323 e. The molecule has 1 aromatic rings. The maximum absolute atomic E-state index is 13.2. The normalized spacial score (nSPS) is 12.8. The number of rotatable bonds is 4. The fourth-order valence-electron chi connectivity index (χ4n) is 1.11. The Morgan fingerprint density at radius 3 is 2.77 bits per heavy atom. The molecule has 2 N–H and O–H groups in total. The van der Waals surface area contributed by atoms with E-state index in [1.165, 1.54) is 6.07 Å². The Labute approximate surface area is 82.5 Å². The van der Waals surface area contributed by atoms with E-state index < -0.39 is 0 Å². The monoisotopic (exact) mass is 199 g/mol. The van der Waals surface area contributed by atoms with Crippen LogP contribution in [0, 0.1) is 5.82 Å². The van der Waals surface area contributed by atoms with E-state index in [1.807, 2.05) is 6.07 Å². The summed E-state index contributed by atoms with van der Waals surface area (Å²) in [6, 6.07) is 6.50. The van der Waals surface area contributed by atoms with E-state index in [9.17, 15) is 4.39 Å². The van der Waals surface area contributed by atoms with E-state index in [1.54, 1.807) is 23.9 Å². The van der Waals surface area contributed by atoms with Crippen molar-refractivity contribution in [2.75, 3.05) is 11.5 Å². The Hall–Kier alpha value is -0.540. The summed E-state index contributed by atoms with van der Waals surface area (Å²) >= 11 is 1.73. The Morgan fingerprint density at radius 1 is 1.46 bits per heavy atom. The van der Waals surface area contributed by atoms with Crippen LogP contribution in [-0.2, 0) is 0 Å². The van der Waals surface area contributed by atoms with Crippen molar-refractivity contribution in [3.8, 4) is 0 Å². The second-order valence-corrected chi connectivity index (χ2v) is 4.11. The zero-order valence-electron chi connectivity index (χ0n) is 7.66. The average Bonchev–Trinajstić information content (AvgIpc) is 2.15. The summed E-state index contributed by atoms with van der Waals surface area (Å²) in [4.78, 5) is 0. The van der Waals surface area contributed by atoms with E-state index in [-0.39, 0.29) is 11.9 Å². The van der Waals surface area contributed by atoms with Crippen LogP contribution < -0.4 is 5.73 Å². The molecule has 0 aliphatic carbocycles. The van der Waals surface area contributed by atoms with Gasteiger partial charge in [-0.25, -0.2) is 4.39 Å². The number of benzene rings is 1. The van der Waals surface area contributed by atoms with Gasteiger partial charge in [0.25, 0.3) is 0 Å². The number of halogens is 1. The van der Waals surface area contributed by atoms with Crippen molar-refractivity contribution in [1.29, 1.82) is 0 Å². The molecule has 0 heterocycles. The Balaban J connectivity index is 2.65. The lowest BCUT2D eigenvalue weighted by Gasteiger charge is -2.11. The maximum Gasteiger partial charge on any atom is 0.128 e. The van der Waals surface area contributed by atoms with E-state index in [4.69, 9.17) is 5.73 Å². The summed E-state index contributed by atoms with van der Waals surface area (Å²) < 4.78 is 13.2. The molecule has 0 fully saturated rings. The highest BCUT2D eigenvalue weighted by Crippen LogP contribution is 2.18. The van der Waals surface area contributed by atoms with Crippen molar-refractivity contribution in [1.82, 2.24) is 0 Å². The van der Waals surface area contributed by atoms with Gasteiger partial charge in [0.05, 0.1) is 0 Å². The lowest BCUT2D eigenvalue weighted by Crippen LogP contribution is -2.14. The highest BCUT2D eigenvalue weighted by Gasteiger charge is 2.09. The zero-order chi connectivity index (χ0) is 9.68. The molecule has 1 unspecified atom stereocenters. The molecular formula is C10H14FNS. The van der Waals surface area contributed by atoms with Gasteiger partial charge in [0.1, 0.15) is 5.82 Å². The number of hydrogen-bond donors (Lipinski definition) is 1. The lowest BCUT2D eigenvalue weighted by atomic mass is 10.1. The minimum atomic E-state index is -0.202. The van der Waals surface area contributed by atoms with Crippen molar-refractivity contribution < 1.29 is 4.39 Å². The first-order valence-corrected chi connectivity index (χ1v) is 5.49. The third kappa shape index (κ3) is 3.01. The van der Waals surface area contributed by atoms with Gasteiger partial charge in [-0.05, 0) is 11.8 Å². The predicted molar refractivity (Wildman–Crippen MR) is 56.3 cm³/mol. The van der Waals surface area contributed by atoms with E-state index in [0.717, 1.165) is 11.5 Å². The van der Waals surface area contributed by atoms with Gasteiger partial charge >= 0.3 is 0 Å². The van der Waals surface area contributed by atoms with E-state index in [0.29, 0.717) is 5.56 Å². The Morgan fingerprint density at radius 2 is 2.15 bits per heavy atom. The number of hydrogen-bond acceptors (Lipinski definition) is 2. The molecule has 0 radical (unpaired) electrons. The molecule has 1 aromatic carbocycles. The van der Waals surface area contributed by atoms with Crippen molar-refractivity contribution in [2.24, 2.45) is 5.73 Å². The summed E-state index contributed by atoms with van der Waals surface area (Å²) in [5.74, 6) is 1.59. The fourth-order valence-corrected chi connectivity index (χ4v) is 1.78. The first-order chi connectivity index (χ1) is 6.25. The van der Waals surface area contributed by atoms with E-state index in [2.05, 4.69) is 6.92 Å². The van der Waals surface area contributed by atoms with Crippen LogP contribution in [0.1, 0.15) is 18.5 Å². The molecule has 1 nitrogen and oxygen atoms in total. The third-order valence-electron chi connectivity index (χ3n) is 1.81. The van der Waals surface area contributed by atoms with Crippen molar-refractivity contribution >= 4 is 11.8 Å². The van der Waals surface area contributed by atoms with Gasteiger partial charge in [-0.2, -0.15) is 11.8 Å². The molecule has 0 saturated heterocycles. The van der Waals surface area contributed by atoms with Crippen LogP contribution in [0.4, 0.5) is 4.39 Å². The zero-order valence-corrected chi connectivity index (χ0v) is 8.48. The SMILES string of the molecule is CCSCC(N)c1ccccc1F. The van der Waals surface area contributed by atoms with Gasteiger partial charge in [0.2, 0.25) is 0 Å². The molecule has 0 aromatic heterocycles. The molecule has 0 saturated carbocycles. The molecule has 72 valence electrons. The minimum Gasteiger partial charge on any atom is -0.323 e. The maximum atomic E-state index is 13.2. The molecule has 0 amide bonds. The van der Waals surface area contributed by atoms with Crippen LogP contribution >= 0.6 is 11.8 Å². The summed E-state index contributed by atoms with van der Waals surface area (Å²) in [5.41, 5.74) is 6.44. The van der Waals surface area contributed by atoms with Crippen LogP contribution in [0.2, 0.25) is 0 Å². The second kappa shape index (κ2) is 5.25. The molecule has 0 bridgehead atoms. The van der Waals surface area contributed by atoms with Gasteiger partial charge in [0.15, 0.2) is 0 Å². The van der Waals surface area contributed by atoms with Crippen molar-refractivity contribution in [3.63, 3.8) is 0 Å². The topological polar surface area (TPSA) is 26.0 Å². The molecule has 1 atom stereocenters. The van der Waals surface area contributed by atoms with Crippen LogP contribution in [-0.4, -0.2) is 11.5 Å². The van der Waals surface area contributed by atoms with Crippen LogP contribution in [0.25, 0.3) is 0 Å².